The summed E-state index contributed by atoms with van der Waals surface area (Å²) in [6.07, 6.45) is 0.445. The van der Waals surface area contributed by atoms with E-state index in [9.17, 15) is 9.18 Å². The molecule has 0 radical (unpaired) electrons. The van der Waals surface area contributed by atoms with Crippen molar-refractivity contribution < 1.29 is 18.8 Å². The fourth-order valence-corrected chi connectivity index (χ4v) is 1.61. The molecular formula is C12H10FNO3. The number of hydrogen-bond acceptors (Lipinski definition) is 3. The monoisotopic (exact) mass is 235 g/mol. The second-order valence-corrected chi connectivity index (χ2v) is 3.50. The summed E-state index contributed by atoms with van der Waals surface area (Å²) in [5.41, 5.74) is 0.726. The standard InChI is InChI=1S/C12H10FNO3/c1-2-9-10(12(15)16)11(17-14-9)7-4-3-5-8(13)6-7/h3-6H,2H2,1H3,(H,15,16). The van der Waals surface area contributed by atoms with E-state index in [2.05, 4.69) is 5.16 Å². The number of rotatable bonds is 3. The fraction of sp³-hybridized carbons (Fsp3) is 0.167. The van der Waals surface area contributed by atoms with Gasteiger partial charge in [-0.05, 0) is 18.6 Å². The number of aromatic nitrogens is 1. The largest absolute Gasteiger partial charge is 0.477 e. The van der Waals surface area contributed by atoms with Gasteiger partial charge in [-0.1, -0.05) is 24.2 Å². The molecule has 0 amide bonds. The highest BCUT2D eigenvalue weighted by molar-refractivity contribution is 5.95. The van der Waals surface area contributed by atoms with Gasteiger partial charge < -0.3 is 9.63 Å². The second kappa shape index (κ2) is 4.37. The number of carboxylic acids is 1. The molecule has 0 aliphatic carbocycles. The van der Waals surface area contributed by atoms with Crippen molar-refractivity contribution in [1.29, 1.82) is 0 Å². The SMILES string of the molecule is CCc1noc(-c2cccc(F)c2)c1C(=O)O. The van der Waals surface area contributed by atoms with Crippen LogP contribution in [0.3, 0.4) is 0 Å². The first-order chi connectivity index (χ1) is 8.13. The minimum Gasteiger partial charge on any atom is -0.477 e. The molecule has 1 N–H and O–H groups in total. The van der Waals surface area contributed by atoms with Crippen LogP contribution in [0, 0.1) is 5.82 Å². The van der Waals surface area contributed by atoms with E-state index in [0.717, 1.165) is 0 Å². The fourth-order valence-electron chi connectivity index (χ4n) is 1.61. The minimum absolute atomic E-state index is 0.00176. The summed E-state index contributed by atoms with van der Waals surface area (Å²) in [6, 6.07) is 5.56. The number of benzene rings is 1. The van der Waals surface area contributed by atoms with Crippen molar-refractivity contribution in [3.63, 3.8) is 0 Å². The predicted molar refractivity (Wildman–Crippen MR) is 58.2 cm³/mol. The van der Waals surface area contributed by atoms with Crippen LogP contribution in [0.2, 0.25) is 0 Å². The van der Waals surface area contributed by atoms with Crippen LogP contribution >= 0.6 is 0 Å². The number of nitrogens with zero attached hydrogens (tertiary/aromatic N) is 1. The van der Waals surface area contributed by atoms with Crippen molar-refractivity contribution in [1.82, 2.24) is 5.16 Å². The number of halogens is 1. The number of hydrogen-bond donors (Lipinski definition) is 1. The summed E-state index contributed by atoms with van der Waals surface area (Å²) in [6.45, 7) is 1.78. The van der Waals surface area contributed by atoms with Crippen LogP contribution < -0.4 is 0 Å². The third-order valence-electron chi connectivity index (χ3n) is 2.40. The Labute approximate surface area is 96.7 Å². The van der Waals surface area contributed by atoms with E-state index in [1.54, 1.807) is 13.0 Å². The van der Waals surface area contributed by atoms with Crippen LogP contribution in [-0.2, 0) is 6.42 Å². The molecule has 0 atom stereocenters. The molecular weight excluding hydrogens is 225 g/mol. The van der Waals surface area contributed by atoms with E-state index in [1.165, 1.54) is 18.2 Å². The third kappa shape index (κ3) is 2.04. The molecule has 1 heterocycles. The van der Waals surface area contributed by atoms with Crippen molar-refractivity contribution in [2.45, 2.75) is 13.3 Å². The first-order valence-electron chi connectivity index (χ1n) is 5.11. The third-order valence-corrected chi connectivity index (χ3v) is 2.40. The molecule has 0 unspecified atom stereocenters. The Morgan fingerprint density at radius 3 is 2.88 bits per heavy atom. The average Bonchev–Trinajstić information content (AvgIpc) is 2.72. The van der Waals surface area contributed by atoms with Gasteiger partial charge in [0.1, 0.15) is 11.4 Å². The van der Waals surface area contributed by atoms with Gasteiger partial charge in [0.15, 0.2) is 5.76 Å². The molecule has 2 aromatic rings. The van der Waals surface area contributed by atoms with Gasteiger partial charge >= 0.3 is 5.97 Å². The molecule has 1 aromatic carbocycles. The van der Waals surface area contributed by atoms with Crippen LogP contribution in [0.15, 0.2) is 28.8 Å². The molecule has 0 spiro atoms. The number of aromatic carboxylic acids is 1. The zero-order chi connectivity index (χ0) is 12.4. The van der Waals surface area contributed by atoms with Gasteiger partial charge in [0.2, 0.25) is 0 Å². The average molecular weight is 235 g/mol. The lowest BCUT2D eigenvalue weighted by molar-refractivity contribution is 0.0696. The van der Waals surface area contributed by atoms with Crippen molar-refractivity contribution in [2.75, 3.05) is 0 Å². The van der Waals surface area contributed by atoms with E-state index >= 15 is 0 Å². The minimum atomic E-state index is -1.12. The van der Waals surface area contributed by atoms with E-state index in [4.69, 9.17) is 9.63 Å². The molecule has 17 heavy (non-hydrogen) atoms. The van der Waals surface area contributed by atoms with Crippen molar-refractivity contribution in [3.05, 3.63) is 41.3 Å². The van der Waals surface area contributed by atoms with E-state index in [0.29, 0.717) is 17.7 Å². The number of carboxylic acid groups (broad SMARTS) is 1. The Morgan fingerprint density at radius 2 is 2.29 bits per heavy atom. The first-order valence-corrected chi connectivity index (χ1v) is 5.11. The first kappa shape index (κ1) is 11.3. The van der Waals surface area contributed by atoms with Crippen LogP contribution in [0.25, 0.3) is 11.3 Å². The lowest BCUT2D eigenvalue weighted by Crippen LogP contribution is -2.01. The summed E-state index contributed by atoms with van der Waals surface area (Å²) in [5, 5.41) is 12.8. The van der Waals surface area contributed by atoms with Crippen LogP contribution in [-0.4, -0.2) is 16.2 Å². The zero-order valence-corrected chi connectivity index (χ0v) is 9.11. The van der Waals surface area contributed by atoms with Gasteiger partial charge in [-0.3, -0.25) is 0 Å². The number of aryl methyl sites for hydroxylation is 1. The van der Waals surface area contributed by atoms with E-state index < -0.39 is 11.8 Å². The molecule has 1 aromatic heterocycles. The van der Waals surface area contributed by atoms with Gasteiger partial charge in [-0.25, -0.2) is 9.18 Å². The van der Waals surface area contributed by atoms with Crippen LogP contribution in [0.5, 0.6) is 0 Å². The molecule has 0 fully saturated rings. The highest BCUT2D eigenvalue weighted by Gasteiger charge is 2.22. The summed E-state index contributed by atoms with van der Waals surface area (Å²) < 4.78 is 18.1. The molecule has 5 heteroatoms. The Hall–Kier alpha value is -2.17. The van der Waals surface area contributed by atoms with Crippen LogP contribution in [0.1, 0.15) is 23.0 Å². The lowest BCUT2D eigenvalue weighted by atomic mass is 10.1. The summed E-state index contributed by atoms with van der Waals surface area (Å²) >= 11 is 0. The highest BCUT2D eigenvalue weighted by atomic mass is 19.1. The lowest BCUT2D eigenvalue weighted by Gasteiger charge is -1.98. The normalized spacial score (nSPS) is 10.5. The van der Waals surface area contributed by atoms with Gasteiger partial charge in [0.05, 0.1) is 5.69 Å². The Kier molecular flexibility index (Phi) is 2.91. The Morgan fingerprint density at radius 1 is 1.53 bits per heavy atom. The predicted octanol–water partition coefficient (Wildman–Crippen LogP) is 2.74. The molecule has 0 saturated heterocycles. The topological polar surface area (TPSA) is 63.3 Å². The van der Waals surface area contributed by atoms with Gasteiger partial charge in [-0.15, -0.1) is 0 Å². The summed E-state index contributed by atoms with van der Waals surface area (Å²) in [5.74, 6) is -1.48. The maximum atomic E-state index is 13.1. The maximum Gasteiger partial charge on any atom is 0.341 e. The summed E-state index contributed by atoms with van der Waals surface area (Å²) in [4.78, 5) is 11.1. The van der Waals surface area contributed by atoms with Gasteiger partial charge in [-0.2, -0.15) is 0 Å². The maximum absolute atomic E-state index is 13.1. The second-order valence-electron chi connectivity index (χ2n) is 3.50. The zero-order valence-electron chi connectivity index (χ0n) is 9.11. The van der Waals surface area contributed by atoms with Crippen molar-refractivity contribution >= 4 is 5.97 Å². The Bertz CT molecular complexity index is 563. The quantitative estimate of drug-likeness (QED) is 0.888. The molecule has 4 nitrogen and oxygen atoms in total. The van der Waals surface area contributed by atoms with Crippen molar-refractivity contribution in [2.24, 2.45) is 0 Å². The van der Waals surface area contributed by atoms with E-state index in [1.807, 2.05) is 0 Å². The van der Waals surface area contributed by atoms with Crippen LogP contribution in [0.4, 0.5) is 4.39 Å². The van der Waals surface area contributed by atoms with Crippen molar-refractivity contribution in [3.8, 4) is 11.3 Å². The highest BCUT2D eigenvalue weighted by Crippen LogP contribution is 2.27. The number of carbonyl (C=O) groups is 1. The smallest absolute Gasteiger partial charge is 0.341 e. The summed E-state index contributed by atoms with van der Waals surface area (Å²) in [7, 11) is 0. The molecule has 0 aliphatic heterocycles. The molecule has 2 rings (SSSR count). The Balaban J connectivity index is 2.60. The molecule has 0 bridgehead atoms. The molecule has 0 aliphatic rings. The molecule has 0 saturated carbocycles. The molecule has 88 valence electrons. The van der Waals surface area contributed by atoms with E-state index in [-0.39, 0.29) is 11.3 Å². The van der Waals surface area contributed by atoms with Gasteiger partial charge in [0, 0.05) is 5.56 Å². The van der Waals surface area contributed by atoms with Gasteiger partial charge in [0.25, 0.3) is 0 Å².